The summed E-state index contributed by atoms with van der Waals surface area (Å²) in [7, 11) is 4.13. The molecule has 7 nitrogen and oxygen atoms in total. The zero-order valence-electron chi connectivity index (χ0n) is 19.1. The van der Waals surface area contributed by atoms with Gasteiger partial charge >= 0.3 is 0 Å². The molecule has 1 aromatic heterocycles. The van der Waals surface area contributed by atoms with Crippen LogP contribution < -0.4 is 4.90 Å². The number of nitrogens with zero attached hydrogens (tertiary/aromatic N) is 5. The lowest BCUT2D eigenvalue weighted by Crippen LogP contribution is -2.45. The van der Waals surface area contributed by atoms with Crippen molar-refractivity contribution in [3.05, 3.63) is 47.7 Å². The third-order valence-corrected chi connectivity index (χ3v) is 6.52. The maximum absolute atomic E-state index is 12.7. The van der Waals surface area contributed by atoms with Crippen LogP contribution in [-0.4, -0.2) is 79.0 Å². The highest BCUT2D eigenvalue weighted by Gasteiger charge is 2.25. The molecule has 4 rings (SSSR count). The zero-order valence-corrected chi connectivity index (χ0v) is 19.1. The SMILES string of the molecule is CC1CCN(C(=O)c2coc(CN3CCN(Cc4ccc(N(C)C)cc4)CC3)n2)CC1. The predicted octanol–water partition coefficient (Wildman–Crippen LogP) is 2.93. The summed E-state index contributed by atoms with van der Waals surface area (Å²) in [5.74, 6) is 1.35. The van der Waals surface area contributed by atoms with Crippen molar-refractivity contribution >= 4 is 11.6 Å². The average Bonchev–Trinajstić information content (AvgIpc) is 3.24. The van der Waals surface area contributed by atoms with Crippen molar-refractivity contribution in [2.24, 2.45) is 5.92 Å². The Balaban J connectivity index is 1.23. The second-order valence-corrected chi connectivity index (χ2v) is 9.21. The van der Waals surface area contributed by atoms with Crippen molar-refractivity contribution in [3.63, 3.8) is 0 Å². The number of likely N-dealkylation sites (tertiary alicyclic amines) is 1. The number of rotatable bonds is 6. The van der Waals surface area contributed by atoms with Gasteiger partial charge in [0.05, 0.1) is 6.54 Å². The number of piperazine rings is 1. The summed E-state index contributed by atoms with van der Waals surface area (Å²) >= 11 is 0. The van der Waals surface area contributed by atoms with Crippen LogP contribution in [0.25, 0.3) is 0 Å². The summed E-state index contributed by atoms with van der Waals surface area (Å²) in [5, 5.41) is 0. The maximum atomic E-state index is 12.7. The third kappa shape index (κ3) is 5.66. The van der Waals surface area contributed by atoms with E-state index in [9.17, 15) is 4.79 Å². The molecular formula is C24H35N5O2. The van der Waals surface area contributed by atoms with Crippen LogP contribution in [0.3, 0.4) is 0 Å². The molecule has 31 heavy (non-hydrogen) atoms. The Morgan fingerprint density at radius 1 is 1.00 bits per heavy atom. The number of benzene rings is 1. The Morgan fingerprint density at radius 2 is 1.61 bits per heavy atom. The standard InChI is InChI=1S/C24H35N5O2/c1-19-8-10-29(11-9-19)24(30)22-18-31-23(25-22)17-28-14-12-27(13-15-28)16-20-4-6-21(7-5-20)26(2)3/h4-7,18-19H,8-17H2,1-3H3. The molecule has 0 unspecified atom stereocenters. The molecule has 0 atom stereocenters. The minimum Gasteiger partial charge on any atom is -0.447 e. The molecule has 1 aromatic carbocycles. The second-order valence-electron chi connectivity index (χ2n) is 9.21. The zero-order chi connectivity index (χ0) is 21.8. The Hall–Kier alpha value is -2.38. The van der Waals surface area contributed by atoms with Gasteiger partial charge in [-0.15, -0.1) is 0 Å². The van der Waals surface area contributed by atoms with E-state index in [1.54, 1.807) is 0 Å². The molecule has 0 radical (unpaired) electrons. The summed E-state index contributed by atoms with van der Waals surface area (Å²) < 4.78 is 5.64. The molecule has 0 saturated carbocycles. The first-order chi connectivity index (χ1) is 15.0. The first-order valence-corrected chi connectivity index (χ1v) is 11.4. The van der Waals surface area contributed by atoms with Gasteiger partial charge in [-0.2, -0.15) is 0 Å². The van der Waals surface area contributed by atoms with E-state index in [1.165, 1.54) is 17.5 Å². The van der Waals surface area contributed by atoms with E-state index < -0.39 is 0 Å². The van der Waals surface area contributed by atoms with Gasteiger partial charge in [-0.1, -0.05) is 19.1 Å². The van der Waals surface area contributed by atoms with Crippen molar-refractivity contribution in [3.8, 4) is 0 Å². The first kappa shape index (κ1) is 21.8. The number of hydrogen-bond donors (Lipinski definition) is 0. The lowest BCUT2D eigenvalue weighted by Gasteiger charge is -2.34. The lowest BCUT2D eigenvalue weighted by atomic mass is 9.99. The van der Waals surface area contributed by atoms with Crippen molar-refractivity contribution in [2.75, 3.05) is 58.3 Å². The fourth-order valence-corrected chi connectivity index (χ4v) is 4.31. The monoisotopic (exact) mass is 425 g/mol. The molecule has 2 aromatic rings. The highest BCUT2D eigenvalue weighted by molar-refractivity contribution is 5.92. The summed E-state index contributed by atoms with van der Waals surface area (Å²) in [6, 6.07) is 8.79. The van der Waals surface area contributed by atoms with Crippen LogP contribution in [0, 0.1) is 5.92 Å². The normalized spacial score (nSPS) is 19.0. The van der Waals surface area contributed by atoms with Gasteiger partial charge in [-0.05, 0) is 36.5 Å². The van der Waals surface area contributed by atoms with Gasteiger partial charge in [0.1, 0.15) is 6.26 Å². The molecule has 0 N–H and O–H groups in total. The molecule has 1 amide bonds. The Morgan fingerprint density at radius 3 is 2.23 bits per heavy atom. The van der Waals surface area contributed by atoms with Gasteiger partial charge in [-0.3, -0.25) is 14.6 Å². The smallest absolute Gasteiger partial charge is 0.275 e. The molecule has 2 aliphatic heterocycles. The summed E-state index contributed by atoms with van der Waals surface area (Å²) in [4.78, 5) is 26.0. The van der Waals surface area contributed by atoms with E-state index in [1.807, 2.05) is 4.90 Å². The lowest BCUT2D eigenvalue weighted by molar-refractivity contribution is 0.0691. The first-order valence-electron chi connectivity index (χ1n) is 11.4. The predicted molar refractivity (Wildman–Crippen MR) is 122 cm³/mol. The third-order valence-electron chi connectivity index (χ3n) is 6.52. The minimum absolute atomic E-state index is 0.00649. The average molecular weight is 426 g/mol. The molecule has 2 fully saturated rings. The number of carbonyl (C=O) groups is 1. The topological polar surface area (TPSA) is 56.1 Å². The quantitative estimate of drug-likeness (QED) is 0.709. The number of amides is 1. The number of hydrogen-bond acceptors (Lipinski definition) is 6. The Labute approximate surface area is 185 Å². The van der Waals surface area contributed by atoms with Crippen LogP contribution in [0.2, 0.25) is 0 Å². The molecule has 7 heteroatoms. The van der Waals surface area contributed by atoms with Crippen molar-refractivity contribution in [2.45, 2.75) is 32.9 Å². The van der Waals surface area contributed by atoms with Crippen molar-refractivity contribution in [1.29, 1.82) is 0 Å². The molecule has 3 heterocycles. The van der Waals surface area contributed by atoms with E-state index in [2.05, 4.69) is 65.0 Å². The molecule has 0 bridgehead atoms. The number of piperidine rings is 1. The van der Waals surface area contributed by atoms with E-state index >= 15 is 0 Å². The van der Waals surface area contributed by atoms with Crippen LogP contribution in [0.5, 0.6) is 0 Å². The van der Waals surface area contributed by atoms with E-state index in [0.29, 0.717) is 24.0 Å². The summed E-state index contributed by atoms with van der Waals surface area (Å²) in [6.45, 7) is 9.53. The van der Waals surface area contributed by atoms with Gasteiger partial charge in [0.15, 0.2) is 5.69 Å². The molecule has 2 saturated heterocycles. The van der Waals surface area contributed by atoms with Crippen LogP contribution in [0.1, 0.15) is 41.7 Å². The number of carbonyl (C=O) groups excluding carboxylic acids is 1. The van der Waals surface area contributed by atoms with Crippen molar-refractivity contribution < 1.29 is 9.21 Å². The van der Waals surface area contributed by atoms with Gasteiger partial charge in [0.25, 0.3) is 5.91 Å². The highest BCUT2D eigenvalue weighted by Crippen LogP contribution is 2.19. The van der Waals surface area contributed by atoms with E-state index in [-0.39, 0.29) is 5.91 Å². The summed E-state index contributed by atoms with van der Waals surface area (Å²) in [6.07, 6.45) is 3.67. The van der Waals surface area contributed by atoms with Crippen LogP contribution in [0.15, 0.2) is 34.9 Å². The molecule has 0 spiro atoms. The number of oxazole rings is 1. The van der Waals surface area contributed by atoms with Crippen LogP contribution in [-0.2, 0) is 13.1 Å². The summed E-state index contributed by atoms with van der Waals surface area (Å²) in [5.41, 5.74) is 3.03. The van der Waals surface area contributed by atoms with Crippen molar-refractivity contribution in [1.82, 2.24) is 19.7 Å². The van der Waals surface area contributed by atoms with Crippen LogP contribution >= 0.6 is 0 Å². The minimum atomic E-state index is 0.00649. The van der Waals surface area contributed by atoms with Gasteiger partial charge < -0.3 is 14.2 Å². The van der Waals surface area contributed by atoms with E-state index in [4.69, 9.17) is 4.42 Å². The molecule has 2 aliphatic rings. The second kappa shape index (κ2) is 9.83. The molecular weight excluding hydrogens is 390 g/mol. The largest absolute Gasteiger partial charge is 0.447 e. The van der Waals surface area contributed by atoms with Crippen LogP contribution in [0.4, 0.5) is 5.69 Å². The Kier molecular flexibility index (Phi) is 6.92. The Bertz CT molecular complexity index is 847. The highest BCUT2D eigenvalue weighted by atomic mass is 16.3. The van der Waals surface area contributed by atoms with Gasteiger partial charge in [0.2, 0.25) is 5.89 Å². The van der Waals surface area contributed by atoms with Gasteiger partial charge in [0, 0.05) is 65.6 Å². The van der Waals surface area contributed by atoms with Gasteiger partial charge in [-0.25, -0.2) is 4.98 Å². The number of anilines is 1. The maximum Gasteiger partial charge on any atom is 0.275 e. The number of aromatic nitrogens is 1. The fraction of sp³-hybridized carbons (Fsp3) is 0.583. The molecule has 0 aliphatic carbocycles. The van der Waals surface area contributed by atoms with E-state index in [0.717, 1.165) is 58.7 Å². The molecule has 168 valence electrons. The fourth-order valence-electron chi connectivity index (χ4n) is 4.31.